The monoisotopic (exact) mass is 268 g/mol. The molecule has 4 nitrogen and oxygen atoms in total. The maximum absolute atomic E-state index is 11.8. The minimum absolute atomic E-state index is 0.359. The Hall–Kier alpha value is -0.820. The summed E-state index contributed by atoms with van der Waals surface area (Å²) in [6, 6.07) is 0. The number of halogens is 3. The number of hydrogen-bond donors (Lipinski definition) is 1. The van der Waals surface area contributed by atoms with Crippen LogP contribution >= 0.6 is 0 Å². The van der Waals surface area contributed by atoms with Gasteiger partial charge in [-0.25, -0.2) is 0 Å². The van der Waals surface area contributed by atoms with E-state index in [1.807, 2.05) is 7.05 Å². The van der Waals surface area contributed by atoms with Gasteiger partial charge >= 0.3 is 6.18 Å². The summed E-state index contributed by atoms with van der Waals surface area (Å²) in [7, 11) is 1.88. The largest absolute Gasteiger partial charge is 0.411 e. The van der Waals surface area contributed by atoms with Crippen molar-refractivity contribution in [2.75, 3.05) is 39.9 Å². The first kappa shape index (κ1) is 15.2. The molecule has 0 saturated carbocycles. The topological polar surface area (TPSA) is 41.6 Å². The first-order valence-corrected chi connectivity index (χ1v) is 5.99. The van der Waals surface area contributed by atoms with Crippen molar-refractivity contribution >= 4 is 5.91 Å². The van der Waals surface area contributed by atoms with Crippen LogP contribution in [-0.4, -0.2) is 56.9 Å². The second-order valence-corrected chi connectivity index (χ2v) is 4.49. The highest BCUT2D eigenvalue weighted by atomic mass is 19.4. The van der Waals surface area contributed by atoms with Crippen LogP contribution in [0.25, 0.3) is 0 Å². The molecule has 1 heterocycles. The highest BCUT2D eigenvalue weighted by molar-refractivity contribution is 5.77. The number of carbonyl (C=O) groups excluding carboxylic acids is 1. The van der Waals surface area contributed by atoms with Crippen molar-refractivity contribution in [3.63, 3.8) is 0 Å². The molecule has 0 bridgehead atoms. The Balaban J connectivity index is 2.20. The number of piperidine rings is 1. The zero-order valence-electron chi connectivity index (χ0n) is 10.4. The molecule has 1 aliphatic heterocycles. The highest BCUT2D eigenvalue weighted by Crippen LogP contribution is 2.17. The summed E-state index contributed by atoms with van der Waals surface area (Å²) in [4.78, 5) is 13.1. The van der Waals surface area contributed by atoms with Gasteiger partial charge in [-0.05, 0) is 32.4 Å². The van der Waals surface area contributed by atoms with E-state index in [4.69, 9.17) is 0 Å². The molecule has 0 aromatic carbocycles. The molecule has 0 radical (unpaired) electrons. The molecule has 1 fully saturated rings. The molecule has 1 N–H and O–H groups in total. The van der Waals surface area contributed by atoms with E-state index in [1.54, 1.807) is 4.90 Å². The van der Waals surface area contributed by atoms with E-state index >= 15 is 0 Å². The van der Waals surface area contributed by atoms with Crippen molar-refractivity contribution < 1.29 is 22.7 Å². The molecular weight excluding hydrogens is 249 g/mol. The summed E-state index contributed by atoms with van der Waals surface area (Å²) in [5, 5.41) is 3.08. The summed E-state index contributed by atoms with van der Waals surface area (Å²) in [6.45, 7) is 0.249. The molecule has 7 heteroatoms. The van der Waals surface area contributed by atoms with Gasteiger partial charge in [0.05, 0.1) is 0 Å². The number of ether oxygens (including phenoxy) is 1. The lowest BCUT2D eigenvalue weighted by Crippen LogP contribution is -2.42. The summed E-state index contributed by atoms with van der Waals surface area (Å²) in [5.74, 6) is 0.178. The van der Waals surface area contributed by atoms with Gasteiger partial charge in [0.15, 0.2) is 0 Å². The maximum atomic E-state index is 11.8. The average molecular weight is 268 g/mol. The van der Waals surface area contributed by atoms with Gasteiger partial charge in [-0.2, -0.15) is 13.2 Å². The van der Waals surface area contributed by atoms with Crippen molar-refractivity contribution in [1.82, 2.24) is 10.2 Å². The van der Waals surface area contributed by atoms with Gasteiger partial charge in [-0.3, -0.25) is 4.79 Å². The lowest BCUT2D eigenvalue weighted by molar-refractivity contribution is -0.178. The fourth-order valence-electron chi connectivity index (χ4n) is 2.02. The van der Waals surface area contributed by atoms with Gasteiger partial charge < -0.3 is 15.0 Å². The van der Waals surface area contributed by atoms with Crippen LogP contribution in [0, 0.1) is 5.92 Å². The molecule has 0 atom stereocenters. The molecule has 106 valence electrons. The van der Waals surface area contributed by atoms with Crippen LogP contribution in [0.3, 0.4) is 0 Å². The summed E-state index contributed by atoms with van der Waals surface area (Å²) in [5.41, 5.74) is 0. The Bertz CT molecular complexity index is 264. The normalized spacial score (nSPS) is 18.1. The summed E-state index contributed by atoms with van der Waals surface area (Å²) >= 11 is 0. The fraction of sp³-hybridized carbons (Fsp3) is 0.909. The number of nitrogens with one attached hydrogen (secondary N) is 1. The number of nitrogens with zero attached hydrogens (tertiary/aromatic N) is 1. The minimum Gasteiger partial charge on any atom is -0.362 e. The van der Waals surface area contributed by atoms with E-state index in [-0.39, 0.29) is 5.91 Å². The van der Waals surface area contributed by atoms with Crippen LogP contribution in [0.15, 0.2) is 0 Å². The van der Waals surface area contributed by atoms with Crippen LogP contribution < -0.4 is 5.32 Å². The Morgan fingerprint density at radius 2 is 2.00 bits per heavy atom. The Morgan fingerprint density at radius 3 is 2.50 bits per heavy atom. The number of hydrogen-bond acceptors (Lipinski definition) is 3. The smallest absolute Gasteiger partial charge is 0.362 e. The third kappa shape index (κ3) is 5.68. The fourth-order valence-corrected chi connectivity index (χ4v) is 2.02. The quantitative estimate of drug-likeness (QED) is 0.809. The summed E-state index contributed by atoms with van der Waals surface area (Å²) < 4.78 is 39.8. The SMILES string of the molecule is CNCC1CCN(C(=O)COCC(F)(F)F)CC1. The van der Waals surface area contributed by atoms with Gasteiger partial charge in [0, 0.05) is 13.1 Å². The number of rotatable bonds is 5. The van der Waals surface area contributed by atoms with Crippen LogP contribution in [0.2, 0.25) is 0 Å². The Morgan fingerprint density at radius 1 is 1.39 bits per heavy atom. The molecule has 0 spiro atoms. The molecule has 1 aliphatic rings. The van der Waals surface area contributed by atoms with Crippen molar-refractivity contribution in [3.05, 3.63) is 0 Å². The van der Waals surface area contributed by atoms with Crippen molar-refractivity contribution in [2.24, 2.45) is 5.92 Å². The number of carbonyl (C=O) groups is 1. The number of alkyl halides is 3. The molecule has 18 heavy (non-hydrogen) atoms. The van der Waals surface area contributed by atoms with Crippen LogP contribution in [0.4, 0.5) is 13.2 Å². The van der Waals surface area contributed by atoms with Gasteiger partial charge in [-0.15, -0.1) is 0 Å². The lowest BCUT2D eigenvalue weighted by atomic mass is 9.97. The summed E-state index contributed by atoms with van der Waals surface area (Å²) in [6.07, 6.45) is -2.61. The van der Waals surface area contributed by atoms with Crippen molar-refractivity contribution in [1.29, 1.82) is 0 Å². The van der Waals surface area contributed by atoms with Gasteiger partial charge in [0.2, 0.25) is 5.91 Å². The van der Waals surface area contributed by atoms with Crippen molar-refractivity contribution in [3.8, 4) is 0 Å². The van der Waals surface area contributed by atoms with Gasteiger partial charge in [0.25, 0.3) is 0 Å². The Kier molecular flexibility index (Phi) is 5.87. The average Bonchev–Trinajstić information content (AvgIpc) is 2.28. The molecule has 1 amide bonds. The van der Waals surface area contributed by atoms with Gasteiger partial charge in [0.1, 0.15) is 13.2 Å². The third-order valence-electron chi connectivity index (χ3n) is 2.95. The molecule has 1 rings (SSSR count). The highest BCUT2D eigenvalue weighted by Gasteiger charge is 2.29. The lowest BCUT2D eigenvalue weighted by Gasteiger charge is -2.31. The van der Waals surface area contributed by atoms with Gasteiger partial charge in [-0.1, -0.05) is 0 Å². The molecule has 0 unspecified atom stereocenters. The van der Waals surface area contributed by atoms with E-state index in [2.05, 4.69) is 10.1 Å². The maximum Gasteiger partial charge on any atom is 0.411 e. The number of amides is 1. The second kappa shape index (κ2) is 6.94. The third-order valence-corrected chi connectivity index (χ3v) is 2.95. The standard InChI is InChI=1S/C11H19F3N2O2/c1-15-6-9-2-4-16(5-3-9)10(17)7-18-8-11(12,13)14/h9,15H,2-8H2,1H3. The van der Waals surface area contributed by atoms with Crippen molar-refractivity contribution in [2.45, 2.75) is 19.0 Å². The van der Waals surface area contributed by atoms with Crippen LogP contribution in [0.1, 0.15) is 12.8 Å². The molecular formula is C11H19F3N2O2. The van der Waals surface area contributed by atoms with E-state index < -0.39 is 19.4 Å². The molecule has 0 aromatic heterocycles. The molecule has 0 aliphatic carbocycles. The predicted octanol–water partition coefficient (Wildman–Crippen LogP) is 1.02. The predicted molar refractivity (Wildman–Crippen MR) is 60.1 cm³/mol. The first-order chi connectivity index (χ1) is 8.42. The second-order valence-electron chi connectivity index (χ2n) is 4.49. The molecule has 1 saturated heterocycles. The van der Waals surface area contributed by atoms with E-state index in [0.29, 0.717) is 19.0 Å². The van der Waals surface area contributed by atoms with E-state index in [9.17, 15) is 18.0 Å². The van der Waals surface area contributed by atoms with E-state index in [0.717, 1.165) is 19.4 Å². The Labute approximate surface area is 104 Å². The zero-order valence-corrected chi connectivity index (χ0v) is 10.4. The molecule has 0 aromatic rings. The van der Waals surface area contributed by atoms with Crippen LogP contribution in [0.5, 0.6) is 0 Å². The van der Waals surface area contributed by atoms with Crippen LogP contribution in [-0.2, 0) is 9.53 Å². The van der Waals surface area contributed by atoms with E-state index in [1.165, 1.54) is 0 Å². The first-order valence-electron chi connectivity index (χ1n) is 5.99. The minimum atomic E-state index is -4.37. The number of likely N-dealkylation sites (tertiary alicyclic amines) is 1. The zero-order chi connectivity index (χ0) is 13.6.